The molecule has 0 aliphatic heterocycles. The van der Waals surface area contributed by atoms with E-state index in [1.165, 1.54) is 6.33 Å². The minimum absolute atomic E-state index is 0.142. The SMILES string of the molecule is Cc1cc(Cc2ccc3c(C(=O)Nc4ccc(F)c(C(F)(F)F)c4)cccc3c2)ncn1. The van der Waals surface area contributed by atoms with Gasteiger partial charge in [-0.2, -0.15) is 13.2 Å². The zero-order valence-corrected chi connectivity index (χ0v) is 16.9. The lowest BCUT2D eigenvalue weighted by molar-refractivity contribution is -0.139. The van der Waals surface area contributed by atoms with Crippen LogP contribution in [0.4, 0.5) is 23.2 Å². The lowest BCUT2D eigenvalue weighted by Crippen LogP contribution is -2.14. The Bertz CT molecular complexity index is 1320. The van der Waals surface area contributed by atoms with Crippen molar-refractivity contribution in [2.24, 2.45) is 0 Å². The number of hydrogen-bond donors (Lipinski definition) is 1. The minimum Gasteiger partial charge on any atom is -0.322 e. The molecule has 0 saturated carbocycles. The van der Waals surface area contributed by atoms with Crippen molar-refractivity contribution in [1.29, 1.82) is 0 Å². The molecule has 4 rings (SSSR count). The molecule has 8 heteroatoms. The summed E-state index contributed by atoms with van der Waals surface area (Å²) in [6, 6.07) is 15.0. The molecule has 32 heavy (non-hydrogen) atoms. The molecular formula is C24H17F4N3O. The van der Waals surface area contributed by atoms with E-state index in [2.05, 4.69) is 15.3 Å². The van der Waals surface area contributed by atoms with Gasteiger partial charge in [0.05, 0.1) is 5.56 Å². The predicted molar refractivity (Wildman–Crippen MR) is 113 cm³/mol. The summed E-state index contributed by atoms with van der Waals surface area (Å²) in [6.07, 6.45) is -2.76. The summed E-state index contributed by atoms with van der Waals surface area (Å²) in [5, 5.41) is 3.87. The van der Waals surface area contributed by atoms with Crippen molar-refractivity contribution in [2.45, 2.75) is 19.5 Å². The second-order valence-electron chi connectivity index (χ2n) is 7.34. The Kier molecular flexibility index (Phi) is 5.61. The number of rotatable bonds is 4. The first-order valence-electron chi connectivity index (χ1n) is 9.68. The Hall–Kier alpha value is -3.81. The van der Waals surface area contributed by atoms with Crippen molar-refractivity contribution in [2.75, 3.05) is 5.32 Å². The number of alkyl halides is 3. The molecular weight excluding hydrogens is 422 g/mol. The molecule has 1 N–H and O–H groups in total. The molecule has 0 atom stereocenters. The molecule has 1 amide bonds. The van der Waals surface area contributed by atoms with Gasteiger partial charge in [-0.3, -0.25) is 4.79 Å². The maximum Gasteiger partial charge on any atom is 0.419 e. The van der Waals surface area contributed by atoms with Gasteiger partial charge in [0, 0.05) is 29.1 Å². The molecule has 0 spiro atoms. The zero-order valence-electron chi connectivity index (χ0n) is 16.9. The van der Waals surface area contributed by atoms with E-state index in [1.54, 1.807) is 18.2 Å². The number of nitrogens with one attached hydrogen (secondary N) is 1. The second kappa shape index (κ2) is 8.37. The van der Waals surface area contributed by atoms with E-state index < -0.39 is 23.5 Å². The molecule has 162 valence electrons. The number of aromatic nitrogens is 2. The Morgan fingerprint density at radius 3 is 2.56 bits per heavy atom. The van der Waals surface area contributed by atoms with Crippen LogP contribution in [-0.4, -0.2) is 15.9 Å². The molecule has 3 aromatic carbocycles. The molecule has 0 aliphatic carbocycles. The van der Waals surface area contributed by atoms with Gasteiger partial charge in [-0.15, -0.1) is 0 Å². The van der Waals surface area contributed by atoms with E-state index in [4.69, 9.17) is 0 Å². The first-order chi connectivity index (χ1) is 15.2. The largest absolute Gasteiger partial charge is 0.419 e. The summed E-state index contributed by atoms with van der Waals surface area (Å²) in [7, 11) is 0. The summed E-state index contributed by atoms with van der Waals surface area (Å²) >= 11 is 0. The van der Waals surface area contributed by atoms with Crippen molar-refractivity contribution in [3.8, 4) is 0 Å². The number of nitrogens with zero attached hydrogens (tertiary/aromatic N) is 2. The van der Waals surface area contributed by atoms with Gasteiger partial charge >= 0.3 is 6.18 Å². The fourth-order valence-corrected chi connectivity index (χ4v) is 3.48. The van der Waals surface area contributed by atoms with E-state index in [-0.39, 0.29) is 5.69 Å². The van der Waals surface area contributed by atoms with Crippen molar-refractivity contribution >= 4 is 22.4 Å². The van der Waals surface area contributed by atoms with Gasteiger partial charge in [0.15, 0.2) is 0 Å². The number of aryl methyl sites for hydroxylation is 1. The Balaban J connectivity index is 1.61. The highest BCUT2D eigenvalue weighted by Crippen LogP contribution is 2.33. The average Bonchev–Trinajstić information content (AvgIpc) is 2.73. The summed E-state index contributed by atoms with van der Waals surface area (Å²) in [6.45, 7) is 1.88. The van der Waals surface area contributed by atoms with Crippen LogP contribution in [0.25, 0.3) is 10.8 Å². The maximum absolute atomic E-state index is 13.5. The molecule has 0 fully saturated rings. The highest BCUT2D eigenvalue weighted by Gasteiger charge is 2.34. The number of hydrogen-bond acceptors (Lipinski definition) is 3. The van der Waals surface area contributed by atoms with E-state index in [1.807, 2.05) is 31.2 Å². The molecule has 1 aromatic heterocycles. The van der Waals surface area contributed by atoms with Crippen molar-refractivity contribution in [1.82, 2.24) is 9.97 Å². The lowest BCUT2D eigenvalue weighted by Gasteiger charge is -2.12. The molecule has 4 aromatic rings. The topological polar surface area (TPSA) is 54.9 Å². The number of fused-ring (bicyclic) bond motifs is 1. The van der Waals surface area contributed by atoms with Gasteiger partial charge < -0.3 is 5.32 Å². The Labute approximate surface area is 180 Å². The third-order valence-electron chi connectivity index (χ3n) is 4.96. The van der Waals surface area contributed by atoms with Gasteiger partial charge in [0.2, 0.25) is 0 Å². The van der Waals surface area contributed by atoms with E-state index in [0.29, 0.717) is 29.5 Å². The predicted octanol–water partition coefficient (Wildman–Crippen LogP) is 5.94. The summed E-state index contributed by atoms with van der Waals surface area (Å²) in [5.74, 6) is -1.98. The maximum atomic E-state index is 13.5. The fourth-order valence-electron chi connectivity index (χ4n) is 3.48. The van der Waals surface area contributed by atoms with Crippen molar-refractivity contribution in [3.05, 3.63) is 101 Å². The van der Waals surface area contributed by atoms with E-state index >= 15 is 0 Å². The van der Waals surface area contributed by atoms with Gasteiger partial charge in [-0.05, 0) is 53.6 Å². The number of halogens is 4. The minimum atomic E-state index is -4.86. The second-order valence-corrected chi connectivity index (χ2v) is 7.34. The van der Waals surface area contributed by atoms with Crippen LogP contribution in [0.5, 0.6) is 0 Å². The highest BCUT2D eigenvalue weighted by atomic mass is 19.4. The quantitative estimate of drug-likeness (QED) is 0.401. The van der Waals surface area contributed by atoms with Crippen LogP contribution in [0.1, 0.15) is 32.9 Å². The van der Waals surface area contributed by atoms with E-state index in [9.17, 15) is 22.4 Å². The molecule has 0 aliphatic rings. The molecule has 0 bridgehead atoms. The number of amides is 1. The standard InChI is InChI=1S/C24H17F4N3O/c1-14-9-18(30-13-29-14)11-15-5-7-19-16(10-15)3-2-4-20(19)23(32)31-17-6-8-22(25)21(12-17)24(26,27)28/h2-10,12-13H,11H2,1H3,(H,31,32). The van der Waals surface area contributed by atoms with Gasteiger partial charge in [-0.1, -0.05) is 30.3 Å². The summed E-state index contributed by atoms with van der Waals surface area (Å²) in [5.41, 5.74) is 1.44. The number of benzene rings is 3. The third kappa shape index (κ3) is 4.59. The van der Waals surface area contributed by atoms with E-state index in [0.717, 1.165) is 28.4 Å². The third-order valence-corrected chi connectivity index (χ3v) is 4.96. The Morgan fingerprint density at radius 2 is 1.81 bits per heavy atom. The lowest BCUT2D eigenvalue weighted by atomic mass is 9.99. The summed E-state index contributed by atoms with van der Waals surface area (Å²) in [4.78, 5) is 21.1. The van der Waals surface area contributed by atoms with Crippen molar-refractivity contribution < 1.29 is 22.4 Å². The molecule has 1 heterocycles. The monoisotopic (exact) mass is 439 g/mol. The van der Waals surface area contributed by atoms with Gasteiger partial charge in [-0.25, -0.2) is 14.4 Å². The van der Waals surface area contributed by atoms with Crippen LogP contribution >= 0.6 is 0 Å². The van der Waals surface area contributed by atoms with Gasteiger partial charge in [0.1, 0.15) is 12.1 Å². The molecule has 0 radical (unpaired) electrons. The number of carbonyl (C=O) groups excluding carboxylic acids is 1. The molecule has 4 nitrogen and oxygen atoms in total. The zero-order chi connectivity index (χ0) is 22.9. The molecule has 0 saturated heterocycles. The normalized spacial score (nSPS) is 11.5. The number of anilines is 1. The first-order valence-corrected chi connectivity index (χ1v) is 9.68. The smallest absolute Gasteiger partial charge is 0.322 e. The van der Waals surface area contributed by atoms with Crippen LogP contribution in [-0.2, 0) is 12.6 Å². The van der Waals surface area contributed by atoms with Crippen LogP contribution in [0.3, 0.4) is 0 Å². The van der Waals surface area contributed by atoms with Gasteiger partial charge in [0.25, 0.3) is 5.91 Å². The first kappa shape index (κ1) is 21.4. The Morgan fingerprint density at radius 1 is 1.00 bits per heavy atom. The summed E-state index contributed by atoms with van der Waals surface area (Å²) < 4.78 is 52.4. The number of carbonyl (C=O) groups is 1. The van der Waals surface area contributed by atoms with Crippen LogP contribution in [0.2, 0.25) is 0 Å². The fraction of sp³-hybridized carbons (Fsp3) is 0.125. The van der Waals surface area contributed by atoms with Crippen LogP contribution in [0, 0.1) is 12.7 Å². The van der Waals surface area contributed by atoms with Crippen LogP contribution < -0.4 is 5.32 Å². The molecule has 0 unspecified atom stereocenters. The van der Waals surface area contributed by atoms with Crippen LogP contribution in [0.15, 0.2) is 67.0 Å². The average molecular weight is 439 g/mol. The van der Waals surface area contributed by atoms with Crippen molar-refractivity contribution in [3.63, 3.8) is 0 Å². The highest BCUT2D eigenvalue weighted by molar-refractivity contribution is 6.13.